The smallest absolute Gasteiger partial charge is 0.251 e. The molecular formula is C30H45N3OS2. The molecule has 0 unspecified atom stereocenters. The van der Waals surface area contributed by atoms with Crippen LogP contribution in [-0.2, 0) is 10.8 Å². The molecule has 4 nitrogen and oxygen atoms in total. The average Bonchev–Trinajstić information content (AvgIpc) is 3.23. The molecule has 1 aromatic heterocycles. The zero-order valence-electron chi connectivity index (χ0n) is 25.5. The van der Waals surface area contributed by atoms with E-state index in [9.17, 15) is 4.79 Å². The first-order valence-electron chi connectivity index (χ1n) is 13.7. The lowest BCUT2D eigenvalue weighted by Gasteiger charge is -2.23. The van der Waals surface area contributed by atoms with Gasteiger partial charge in [0, 0.05) is 71.8 Å². The normalized spacial score (nSPS) is 21.0. The lowest BCUT2D eigenvalue weighted by molar-refractivity contribution is 0.0963. The van der Waals surface area contributed by atoms with Gasteiger partial charge in [0.1, 0.15) is 0 Å². The van der Waals surface area contributed by atoms with Crippen LogP contribution in [-0.4, -0.2) is 45.7 Å². The molecule has 0 saturated heterocycles. The maximum Gasteiger partial charge on any atom is 0.251 e. The quantitative estimate of drug-likeness (QED) is 0.426. The average molecular weight is 532 g/mol. The number of nitrogens with one attached hydrogen (secondary N) is 1. The van der Waals surface area contributed by atoms with Gasteiger partial charge in [-0.05, 0) is 52.0 Å². The van der Waals surface area contributed by atoms with E-state index in [0.29, 0.717) is 5.56 Å². The first kappa shape index (κ1) is 27.2. The van der Waals surface area contributed by atoms with Gasteiger partial charge in [0.25, 0.3) is 5.91 Å². The Bertz CT molecular complexity index is 1090. The third kappa shape index (κ3) is 7.35. The Balaban J connectivity index is 0.000000302. The highest BCUT2D eigenvalue weighted by Crippen LogP contribution is 2.41. The van der Waals surface area contributed by atoms with Crippen molar-refractivity contribution in [2.75, 3.05) is 30.1 Å². The largest absolute Gasteiger partial charge is 0.355 e. The second-order valence-electron chi connectivity index (χ2n) is 12.2. The highest BCUT2D eigenvalue weighted by molar-refractivity contribution is 7.99. The van der Waals surface area contributed by atoms with Crippen molar-refractivity contribution in [1.29, 1.82) is 0 Å². The third-order valence-electron chi connectivity index (χ3n) is 6.30. The van der Waals surface area contributed by atoms with Crippen LogP contribution in [0.15, 0.2) is 30.5 Å². The molecule has 0 aliphatic carbocycles. The van der Waals surface area contributed by atoms with Crippen LogP contribution in [0.2, 0.25) is 0 Å². The van der Waals surface area contributed by atoms with E-state index >= 15 is 0 Å². The molecule has 2 aromatic rings. The van der Waals surface area contributed by atoms with Crippen LogP contribution in [0.25, 0.3) is 5.69 Å². The Kier molecular flexibility index (Phi) is 8.52. The second kappa shape index (κ2) is 11.3. The monoisotopic (exact) mass is 531 g/mol. The van der Waals surface area contributed by atoms with Crippen molar-refractivity contribution in [1.82, 2.24) is 15.1 Å². The van der Waals surface area contributed by atoms with Gasteiger partial charge in [-0.1, -0.05) is 46.9 Å². The lowest BCUT2D eigenvalue weighted by Crippen LogP contribution is -2.24. The molecule has 198 valence electrons. The first-order valence-corrected chi connectivity index (χ1v) is 14.6. The summed E-state index contributed by atoms with van der Waals surface area (Å²) >= 11 is 4.01. The molecule has 36 heavy (non-hydrogen) atoms. The number of aromatic nitrogens is 2. The number of rotatable bonds is 2. The number of carbonyl (C=O) groups excluding carboxylic acids is 1. The van der Waals surface area contributed by atoms with Crippen molar-refractivity contribution in [3.63, 3.8) is 0 Å². The maximum absolute atomic E-state index is 11.7. The number of fused-ring (bicyclic) bond motifs is 1. The zero-order chi connectivity index (χ0) is 28.8. The number of thioether (sulfide) groups is 2. The highest BCUT2D eigenvalue weighted by Gasteiger charge is 2.37. The molecule has 4 rings (SSSR count). The van der Waals surface area contributed by atoms with Crippen LogP contribution >= 0.6 is 23.5 Å². The van der Waals surface area contributed by atoms with Crippen molar-refractivity contribution < 1.29 is 7.54 Å². The molecule has 0 spiro atoms. The summed E-state index contributed by atoms with van der Waals surface area (Å²) in [5.74, 6) is 11.1. The zero-order valence-corrected chi connectivity index (χ0v) is 25.2. The summed E-state index contributed by atoms with van der Waals surface area (Å²) in [6.07, 6.45) is 2.16. The Morgan fingerprint density at radius 3 is 1.97 bits per heavy atom. The summed E-state index contributed by atoms with van der Waals surface area (Å²) in [7, 11) is 1.39. The van der Waals surface area contributed by atoms with Crippen molar-refractivity contribution in [3.8, 4) is 17.5 Å². The number of carbonyl (C=O) groups is 1. The molecular weight excluding hydrogens is 482 g/mol. The van der Waals surface area contributed by atoms with E-state index in [1.807, 2.05) is 52.5 Å². The van der Waals surface area contributed by atoms with Gasteiger partial charge in [-0.3, -0.25) is 4.79 Å². The van der Waals surface area contributed by atoms with Gasteiger partial charge in [-0.15, -0.1) is 0 Å². The number of benzene rings is 1. The summed E-state index contributed by atoms with van der Waals surface area (Å²) < 4.78 is 13.7. The number of amides is 1. The minimum absolute atomic E-state index is 0.0566. The molecule has 0 saturated carbocycles. The first-order chi connectivity index (χ1) is 17.6. The van der Waals surface area contributed by atoms with Crippen molar-refractivity contribution >= 4 is 29.4 Å². The molecule has 0 atom stereocenters. The van der Waals surface area contributed by atoms with E-state index in [2.05, 4.69) is 78.7 Å². The van der Waals surface area contributed by atoms with Gasteiger partial charge in [0.15, 0.2) is 0 Å². The van der Waals surface area contributed by atoms with Crippen LogP contribution in [0.5, 0.6) is 0 Å². The van der Waals surface area contributed by atoms with E-state index in [1.54, 1.807) is 7.05 Å². The van der Waals surface area contributed by atoms with Gasteiger partial charge < -0.3 is 5.32 Å². The third-order valence-corrected chi connectivity index (χ3v) is 10.00. The molecule has 1 N–H and O–H groups in total. The topological polar surface area (TPSA) is 46.9 Å². The summed E-state index contributed by atoms with van der Waals surface area (Å²) in [6, 6.07) is 7.58. The fourth-order valence-corrected chi connectivity index (χ4v) is 6.77. The maximum atomic E-state index is 11.7. The van der Waals surface area contributed by atoms with Gasteiger partial charge in [0.2, 0.25) is 0 Å². The van der Waals surface area contributed by atoms with Gasteiger partial charge in [0.05, 0.1) is 11.4 Å². The van der Waals surface area contributed by atoms with Crippen molar-refractivity contribution in [2.45, 2.75) is 73.6 Å². The predicted octanol–water partition coefficient (Wildman–Crippen LogP) is 6.96. The Labute approximate surface area is 231 Å². The number of hydrogen-bond donors (Lipinski definition) is 1. The van der Waals surface area contributed by atoms with Crippen LogP contribution in [0, 0.1) is 22.7 Å². The molecule has 3 heterocycles. The van der Waals surface area contributed by atoms with Gasteiger partial charge >= 0.3 is 0 Å². The van der Waals surface area contributed by atoms with E-state index in [-0.39, 0.29) is 34.9 Å². The minimum atomic E-state index is -0.250. The molecule has 6 heteroatoms. The van der Waals surface area contributed by atoms with Crippen LogP contribution < -0.4 is 5.32 Å². The van der Waals surface area contributed by atoms with E-state index in [4.69, 9.17) is 7.84 Å². The van der Waals surface area contributed by atoms with Gasteiger partial charge in [-0.25, -0.2) is 4.68 Å². The summed E-state index contributed by atoms with van der Waals surface area (Å²) in [5.41, 5.74) is 4.76. The van der Waals surface area contributed by atoms with E-state index in [1.165, 1.54) is 22.8 Å². The minimum Gasteiger partial charge on any atom is -0.355 e. The van der Waals surface area contributed by atoms with E-state index in [0.717, 1.165) is 17.2 Å². The molecule has 1 amide bonds. The van der Waals surface area contributed by atoms with Crippen molar-refractivity contribution in [2.24, 2.45) is 10.8 Å². The molecule has 1 aromatic carbocycles. The van der Waals surface area contributed by atoms with Crippen molar-refractivity contribution in [3.05, 3.63) is 47.3 Å². The Morgan fingerprint density at radius 2 is 1.44 bits per heavy atom. The fraction of sp³-hybridized carbons (Fsp3) is 0.600. The van der Waals surface area contributed by atoms with Gasteiger partial charge in [-0.2, -0.15) is 28.6 Å². The number of nitrogens with zero attached hydrogens (tertiary/aromatic N) is 2. The standard InChI is InChI=1S/C19H25N3OS.C10H16S.CH4/c1-18(2)11-24-12-19(3,4)16-15(18)10-22(21-16)14-8-6-13(7-9-14)17(23)20-5;1-9(2)5-6-10(3,4)8-11-7-9;/h6-10H,11-12H2,1-5H3,(H,20,23);7-8H2,1-4H3;1H4/i;;1T2. The molecule has 2 aliphatic heterocycles. The Hall–Kier alpha value is -1.84. The van der Waals surface area contributed by atoms with Crippen LogP contribution in [0.1, 0.15) is 87.1 Å². The Morgan fingerprint density at radius 1 is 0.944 bits per heavy atom. The molecule has 0 radical (unpaired) electrons. The summed E-state index contributed by atoms with van der Waals surface area (Å²) in [5, 5.41) is 7.57. The fourth-order valence-electron chi connectivity index (χ4n) is 4.09. The van der Waals surface area contributed by atoms with Crippen LogP contribution in [0.4, 0.5) is 0 Å². The van der Waals surface area contributed by atoms with E-state index < -0.39 is 0 Å². The lowest BCUT2D eigenvalue weighted by atomic mass is 9.80. The molecule has 0 bridgehead atoms. The SMILES string of the molecule is CC1(C)C#CC(C)(C)CSC1.CNC(=O)c1ccc(-n2cc3c(n2)C(C)(C)CSCC3(C)C)cc1.[3H]C[3H]. The highest BCUT2D eigenvalue weighted by atomic mass is 32.2. The number of hydrogen-bond acceptors (Lipinski definition) is 4. The molecule has 2 aliphatic rings. The second-order valence-corrected chi connectivity index (χ2v) is 14.2. The molecule has 0 fully saturated rings. The predicted molar refractivity (Wildman–Crippen MR) is 160 cm³/mol. The summed E-state index contributed by atoms with van der Waals surface area (Å²) in [6.45, 7) is 18.0. The van der Waals surface area contributed by atoms with Crippen LogP contribution in [0.3, 0.4) is 0 Å². The summed E-state index contributed by atoms with van der Waals surface area (Å²) in [4.78, 5) is 11.7.